The van der Waals surface area contributed by atoms with Gasteiger partial charge in [-0.3, -0.25) is 0 Å². The van der Waals surface area contributed by atoms with Crippen molar-refractivity contribution < 1.29 is 18.7 Å². The molecule has 0 saturated heterocycles. The molecule has 1 N–H and O–H groups in total. The number of fused-ring (bicyclic) bond motifs is 2. The molecule has 36 heavy (non-hydrogen) atoms. The molecule has 2 aliphatic carbocycles. The summed E-state index contributed by atoms with van der Waals surface area (Å²) in [6.45, 7) is 23.8. The first-order valence-electron chi connectivity index (χ1n) is 14.1. The molecule has 2 aliphatic rings. The Morgan fingerprint density at radius 2 is 1.61 bits per heavy atom. The lowest BCUT2D eigenvalue weighted by Gasteiger charge is -2.42. The molecule has 0 heterocycles. The summed E-state index contributed by atoms with van der Waals surface area (Å²) >= 11 is 0. The third kappa shape index (κ3) is 6.48. The lowest BCUT2D eigenvalue weighted by Crippen LogP contribution is -2.48. The van der Waals surface area contributed by atoms with Gasteiger partial charge < -0.3 is 18.7 Å². The molecule has 1 aromatic rings. The van der Waals surface area contributed by atoms with E-state index < -0.39 is 16.6 Å². The molecule has 3 rings (SSSR count). The average molecular weight is 535 g/mol. The van der Waals surface area contributed by atoms with Crippen molar-refractivity contribution in [1.29, 1.82) is 0 Å². The number of rotatable bonds is 9. The molecule has 0 radical (unpaired) electrons. The topological polar surface area (TPSA) is 47.9 Å². The van der Waals surface area contributed by atoms with E-state index in [0.717, 1.165) is 37.9 Å². The molecule has 5 atom stereocenters. The second-order valence-electron chi connectivity index (χ2n) is 14.5. The highest BCUT2D eigenvalue weighted by atomic mass is 28.4. The van der Waals surface area contributed by atoms with Crippen LogP contribution in [0, 0.1) is 17.8 Å². The Labute approximate surface area is 223 Å². The fraction of sp³-hybridized carbons (Fsp3) is 0.800. The number of hydrogen-bond acceptors (Lipinski definition) is 4. The summed E-state index contributed by atoms with van der Waals surface area (Å²) in [6.07, 6.45) is 4.79. The van der Waals surface area contributed by atoms with Gasteiger partial charge in [-0.2, -0.15) is 0 Å². The van der Waals surface area contributed by atoms with Crippen molar-refractivity contribution in [2.45, 2.75) is 122 Å². The largest absolute Gasteiger partial charge is 0.496 e. The Kier molecular flexibility index (Phi) is 9.00. The van der Waals surface area contributed by atoms with E-state index in [1.807, 2.05) is 0 Å². The van der Waals surface area contributed by atoms with Crippen molar-refractivity contribution in [3.05, 3.63) is 29.3 Å². The van der Waals surface area contributed by atoms with Gasteiger partial charge in [0.15, 0.2) is 16.6 Å². The Morgan fingerprint density at radius 3 is 2.19 bits per heavy atom. The average Bonchev–Trinajstić information content (AvgIpc) is 3.05. The molecule has 0 aromatic heterocycles. The van der Waals surface area contributed by atoms with Crippen LogP contribution in [-0.4, -0.2) is 47.7 Å². The minimum atomic E-state index is -1.94. The molecular weight excluding hydrogens is 480 g/mol. The first kappa shape index (κ1) is 29.9. The zero-order valence-corrected chi connectivity index (χ0v) is 27.0. The zero-order valence-electron chi connectivity index (χ0n) is 25.0. The number of methoxy groups -OCH3 is 1. The van der Waals surface area contributed by atoms with Crippen LogP contribution in [0.1, 0.15) is 71.9 Å². The molecule has 0 amide bonds. The molecule has 6 heteroatoms. The van der Waals surface area contributed by atoms with Crippen LogP contribution in [0.15, 0.2) is 18.2 Å². The van der Waals surface area contributed by atoms with Gasteiger partial charge in [0.2, 0.25) is 0 Å². The smallest absolute Gasteiger partial charge is 0.192 e. The van der Waals surface area contributed by atoms with Gasteiger partial charge in [0, 0.05) is 0 Å². The minimum absolute atomic E-state index is 0.0854. The fourth-order valence-corrected chi connectivity index (χ4v) is 8.07. The SMILES string of the molecule is COc1cccc2c1C[C@H]1C[C@@H](O)[C@H](CCC(CO[Si](C)(C)C(C)(C)C)O[Si](C)(C)C(C)(C)C)[C@H]1C2. The number of hydrogen-bond donors (Lipinski definition) is 1. The van der Waals surface area contributed by atoms with Crippen LogP contribution in [0.2, 0.25) is 36.3 Å². The molecule has 1 fully saturated rings. The highest BCUT2D eigenvalue weighted by Gasteiger charge is 2.46. The van der Waals surface area contributed by atoms with Gasteiger partial charge >= 0.3 is 0 Å². The van der Waals surface area contributed by atoms with E-state index in [0.29, 0.717) is 24.4 Å². The van der Waals surface area contributed by atoms with Gasteiger partial charge in [0.25, 0.3) is 0 Å². The Hall–Kier alpha value is -0.666. The standard InChI is InChI=1S/C30H54O4Si2/c1-29(2,3)35(8,9)33-20-23(34-36(10,11)30(4,5)6)15-16-24-25-17-21-13-12-14-28(32-7)26(21)18-22(25)19-27(24)31/h12-14,22-25,27,31H,15-20H2,1-11H3/t22-,23?,24+,25-,27+/m0/s1. The van der Waals surface area contributed by atoms with E-state index in [4.69, 9.17) is 13.6 Å². The first-order valence-corrected chi connectivity index (χ1v) is 19.9. The predicted octanol–water partition coefficient (Wildman–Crippen LogP) is 7.60. The zero-order chi connectivity index (χ0) is 27.1. The van der Waals surface area contributed by atoms with Crippen LogP contribution in [-0.2, 0) is 21.7 Å². The summed E-state index contributed by atoms with van der Waals surface area (Å²) in [6, 6.07) is 6.44. The molecule has 0 spiro atoms. The summed E-state index contributed by atoms with van der Waals surface area (Å²) in [5.41, 5.74) is 2.76. The summed E-state index contributed by atoms with van der Waals surface area (Å²) in [5, 5.41) is 11.5. The van der Waals surface area contributed by atoms with E-state index in [9.17, 15) is 5.11 Å². The van der Waals surface area contributed by atoms with Gasteiger partial charge in [-0.1, -0.05) is 53.7 Å². The van der Waals surface area contributed by atoms with Crippen LogP contribution in [0.25, 0.3) is 0 Å². The van der Waals surface area contributed by atoms with E-state index in [1.54, 1.807) is 7.11 Å². The van der Waals surface area contributed by atoms with E-state index in [2.05, 4.69) is 85.9 Å². The quantitative estimate of drug-likeness (QED) is 0.331. The summed E-state index contributed by atoms with van der Waals surface area (Å²) in [5.74, 6) is 2.41. The monoisotopic (exact) mass is 534 g/mol. The van der Waals surface area contributed by atoms with E-state index >= 15 is 0 Å². The maximum Gasteiger partial charge on any atom is 0.192 e. The van der Waals surface area contributed by atoms with Crippen LogP contribution < -0.4 is 4.74 Å². The summed E-state index contributed by atoms with van der Waals surface area (Å²) in [4.78, 5) is 0. The molecule has 1 aromatic carbocycles. The number of aliphatic hydroxyl groups excluding tert-OH is 1. The van der Waals surface area contributed by atoms with Gasteiger partial charge in [-0.25, -0.2) is 0 Å². The lowest BCUT2D eigenvalue weighted by molar-refractivity contribution is 0.0701. The number of benzene rings is 1. The van der Waals surface area contributed by atoms with Crippen LogP contribution in [0.4, 0.5) is 0 Å². The molecule has 0 bridgehead atoms. The van der Waals surface area contributed by atoms with Crippen molar-refractivity contribution in [3.8, 4) is 5.75 Å². The second kappa shape index (κ2) is 10.8. The Morgan fingerprint density at radius 1 is 0.972 bits per heavy atom. The van der Waals surface area contributed by atoms with E-state index in [-0.39, 0.29) is 22.3 Å². The van der Waals surface area contributed by atoms with Crippen molar-refractivity contribution in [2.24, 2.45) is 17.8 Å². The second-order valence-corrected chi connectivity index (χ2v) is 24.1. The molecule has 4 nitrogen and oxygen atoms in total. The number of aliphatic hydroxyl groups is 1. The normalized spacial score (nSPS) is 25.9. The summed E-state index contributed by atoms with van der Waals surface area (Å²) < 4.78 is 19.3. The first-order chi connectivity index (χ1) is 16.5. The third-order valence-electron chi connectivity index (χ3n) is 10.1. The van der Waals surface area contributed by atoms with Crippen molar-refractivity contribution >= 4 is 16.6 Å². The van der Waals surface area contributed by atoms with Crippen molar-refractivity contribution in [1.82, 2.24) is 0 Å². The highest BCUT2D eigenvalue weighted by molar-refractivity contribution is 6.74. The number of ether oxygens (including phenoxy) is 1. The van der Waals surface area contributed by atoms with Crippen LogP contribution in [0.5, 0.6) is 5.75 Å². The maximum atomic E-state index is 11.2. The Balaban J connectivity index is 1.74. The minimum Gasteiger partial charge on any atom is -0.496 e. The van der Waals surface area contributed by atoms with Crippen LogP contribution in [0.3, 0.4) is 0 Å². The molecule has 1 saturated carbocycles. The van der Waals surface area contributed by atoms with Gasteiger partial charge in [-0.05, 0) is 103 Å². The highest BCUT2D eigenvalue weighted by Crippen LogP contribution is 2.49. The van der Waals surface area contributed by atoms with Gasteiger partial charge in [0.05, 0.1) is 25.9 Å². The lowest BCUT2D eigenvalue weighted by atomic mass is 9.73. The van der Waals surface area contributed by atoms with Crippen molar-refractivity contribution in [2.75, 3.05) is 13.7 Å². The summed E-state index contributed by atoms with van der Waals surface area (Å²) in [7, 11) is -2.04. The molecule has 0 aliphatic heterocycles. The van der Waals surface area contributed by atoms with E-state index in [1.165, 1.54) is 11.1 Å². The maximum absolute atomic E-state index is 11.2. The molecular formula is C30H54O4Si2. The molecule has 1 unspecified atom stereocenters. The van der Waals surface area contributed by atoms with Gasteiger partial charge in [-0.15, -0.1) is 0 Å². The fourth-order valence-electron chi connectivity index (χ4n) is 5.66. The Bertz CT molecular complexity index is 884. The van der Waals surface area contributed by atoms with Crippen LogP contribution >= 0.6 is 0 Å². The predicted molar refractivity (Wildman–Crippen MR) is 156 cm³/mol. The third-order valence-corrected chi connectivity index (χ3v) is 19.1. The molecule has 206 valence electrons. The van der Waals surface area contributed by atoms with Crippen molar-refractivity contribution in [3.63, 3.8) is 0 Å². The van der Waals surface area contributed by atoms with Gasteiger partial charge in [0.1, 0.15) is 5.75 Å².